The molecule has 152 valence electrons. The maximum Gasteiger partial charge on any atom is 0.488 e. The molecule has 2 amide bonds. The van der Waals surface area contributed by atoms with Crippen LogP contribution < -0.4 is 11.0 Å². The fraction of sp³-hybridized carbons (Fsp3) is 0.111. The maximum absolute atomic E-state index is 13.5. The van der Waals surface area contributed by atoms with Crippen molar-refractivity contribution in [2.45, 2.75) is 12.7 Å². The molecule has 8 nitrogen and oxygen atoms in total. The Labute approximate surface area is 165 Å². The van der Waals surface area contributed by atoms with Crippen LogP contribution in [0.4, 0.5) is 13.2 Å². The summed E-state index contributed by atoms with van der Waals surface area (Å²) >= 11 is 0. The molecular formula is C18H11BF3N3O5. The summed E-state index contributed by atoms with van der Waals surface area (Å²) in [5, 5.41) is 23.3. The molecule has 12 heteroatoms. The maximum atomic E-state index is 13.5. The van der Waals surface area contributed by atoms with E-state index in [-0.39, 0.29) is 22.2 Å². The predicted molar refractivity (Wildman–Crippen MR) is 97.8 cm³/mol. The van der Waals surface area contributed by atoms with Gasteiger partial charge in [0.2, 0.25) is 0 Å². The van der Waals surface area contributed by atoms with Gasteiger partial charge in [0.1, 0.15) is 0 Å². The lowest BCUT2D eigenvalue weighted by Gasteiger charge is -2.17. The number of amides is 2. The molecule has 0 fully saturated rings. The van der Waals surface area contributed by atoms with Crippen LogP contribution in [-0.4, -0.2) is 44.1 Å². The van der Waals surface area contributed by atoms with E-state index in [1.165, 1.54) is 12.1 Å². The van der Waals surface area contributed by atoms with E-state index in [4.69, 9.17) is 0 Å². The Morgan fingerprint density at radius 2 is 1.63 bits per heavy atom. The van der Waals surface area contributed by atoms with Crippen molar-refractivity contribution < 1.29 is 32.8 Å². The number of hydrogen-bond acceptors (Lipinski definition) is 6. The first kappa shape index (κ1) is 19.8. The van der Waals surface area contributed by atoms with E-state index < -0.39 is 53.6 Å². The Morgan fingerprint density at radius 1 is 1.03 bits per heavy atom. The van der Waals surface area contributed by atoms with E-state index in [1.807, 2.05) is 5.10 Å². The van der Waals surface area contributed by atoms with Crippen LogP contribution >= 0.6 is 0 Å². The zero-order valence-corrected chi connectivity index (χ0v) is 14.9. The number of carbonyl (C=O) groups excluding carboxylic acids is 2. The monoisotopic (exact) mass is 417 g/mol. The summed E-state index contributed by atoms with van der Waals surface area (Å²) < 4.78 is 40.6. The van der Waals surface area contributed by atoms with E-state index in [2.05, 4.69) is 5.10 Å². The molecule has 1 aliphatic heterocycles. The third-order valence-electron chi connectivity index (χ3n) is 4.78. The van der Waals surface area contributed by atoms with Crippen LogP contribution in [0.15, 0.2) is 41.2 Å². The van der Waals surface area contributed by atoms with E-state index >= 15 is 0 Å². The molecule has 0 atom stereocenters. The Kier molecular flexibility index (Phi) is 4.47. The fourth-order valence-electron chi connectivity index (χ4n) is 3.40. The number of fused-ring (bicyclic) bond motifs is 2. The van der Waals surface area contributed by atoms with Gasteiger partial charge in [0, 0.05) is 5.39 Å². The van der Waals surface area contributed by atoms with Crippen molar-refractivity contribution in [3.63, 3.8) is 0 Å². The third-order valence-corrected chi connectivity index (χ3v) is 4.78. The fourth-order valence-corrected chi connectivity index (χ4v) is 3.40. The number of aromatic nitrogens is 2. The van der Waals surface area contributed by atoms with Crippen LogP contribution in [0, 0.1) is 0 Å². The topological polar surface area (TPSA) is 124 Å². The van der Waals surface area contributed by atoms with Gasteiger partial charge in [0.05, 0.1) is 34.3 Å². The largest absolute Gasteiger partial charge is 0.488 e. The number of H-pyrrole nitrogens is 1. The van der Waals surface area contributed by atoms with Crippen molar-refractivity contribution in [1.82, 2.24) is 15.1 Å². The van der Waals surface area contributed by atoms with Gasteiger partial charge in [-0.3, -0.25) is 19.3 Å². The molecule has 30 heavy (non-hydrogen) atoms. The van der Waals surface area contributed by atoms with Gasteiger partial charge in [-0.15, -0.1) is 0 Å². The van der Waals surface area contributed by atoms with Gasteiger partial charge >= 0.3 is 13.3 Å². The van der Waals surface area contributed by atoms with Gasteiger partial charge in [0.25, 0.3) is 17.4 Å². The van der Waals surface area contributed by atoms with Crippen molar-refractivity contribution >= 4 is 35.2 Å². The number of aromatic amines is 1. The number of benzene rings is 2. The molecule has 0 saturated heterocycles. The second-order valence-corrected chi connectivity index (χ2v) is 6.60. The quantitative estimate of drug-likeness (QED) is 0.419. The first-order valence-electron chi connectivity index (χ1n) is 8.53. The molecule has 0 spiro atoms. The van der Waals surface area contributed by atoms with Gasteiger partial charge in [-0.25, -0.2) is 5.10 Å². The molecule has 0 bridgehead atoms. The van der Waals surface area contributed by atoms with Crippen LogP contribution in [0.25, 0.3) is 10.8 Å². The molecule has 1 aromatic heterocycles. The first-order valence-corrected chi connectivity index (χ1v) is 8.53. The lowest BCUT2D eigenvalue weighted by molar-refractivity contribution is -0.136. The second-order valence-electron chi connectivity index (χ2n) is 6.60. The van der Waals surface area contributed by atoms with Gasteiger partial charge in [-0.2, -0.15) is 18.3 Å². The number of hydrogen-bond donors (Lipinski definition) is 3. The van der Waals surface area contributed by atoms with E-state index in [1.54, 1.807) is 12.1 Å². The van der Waals surface area contributed by atoms with Gasteiger partial charge < -0.3 is 10.0 Å². The van der Waals surface area contributed by atoms with Crippen LogP contribution in [0.2, 0.25) is 0 Å². The van der Waals surface area contributed by atoms with Crippen molar-refractivity contribution in [2.75, 3.05) is 0 Å². The Hall–Kier alpha value is -3.51. The summed E-state index contributed by atoms with van der Waals surface area (Å²) in [6.07, 6.45) is -4.98. The number of carbonyl (C=O) groups is 2. The van der Waals surface area contributed by atoms with E-state index in [9.17, 15) is 37.6 Å². The number of rotatable bonds is 3. The molecule has 0 saturated carbocycles. The normalized spacial score (nSPS) is 13.8. The summed E-state index contributed by atoms with van der Waals surface area (Å²) in [7, 11) is -2.25. The van der Waals surface area contributed by atoms with Crippen molar-refractivity contribution in [2.24, 2.45) is 0 Å². The molecule has 2 heterocycles. The molecule has 0 aliphatic carbocycles. The Bertz CT molecular complexity index is 1240. The number of halogens is 3. The molecule has 4 rings (SSSR count). The number of imide groups is 1. The molecule has 1 aliphatic rings. The summed E-state index contributed by atoms with van der Waals surface area (Å²) in [5.74, 6) is -1.32. The zero-order valence-electron chi connectivity index (χ0n) is 14.9. The lowest BCUT2D eigenvalue weighted by Crippen LogP contribution is -2.33. The van der Waals surface area contributed by atoms with Gasteiger partial charge in [-0.05, 0) is 23.7 Å². The lowest BCUT2D eigenvalue weighted by atomic mass is 9.78. The highest BCUT2D eigenvalue weighted by Gasteiger charge is 2.38. The number of alkyl halides is 3. The summed E-state index contributed by atoms with van der Waals surface area (Å²) in [5.41, 5.74) is -3.01. The Morgan fingerprint density at radius 3 is 2.17 bits per heavy atom. The SMILES string of the molecule is O=C1c2ccccc2C(=O)N1Cc1n[nH]c(=O)c2c(C(F)(F)F)cc(B(O)O)cc12. The highest BCUT2D eigenvalue weighted by molar-refractivity contribution is 6.59. The average Bonchev–Trinajstić information content (AvgIpc) is 2.93. The van der Waals surface area contributed by atoms with Crippen LogP contribution in [-0.2, 0) is 12.7 Å². The molecule has 3 aromatic rings. The highest BCUT2D eigenvalue weighted by Crippen LogP contribution is 2.34. The summed E-state index contributed by atoms with van der Waals surface area (Å²) in [6.45, 7) is -0.526. The molecule has 0 unspecified atom stereocenters. The molecular weight excluding hydrogens is 406 g/mol. The molecule has 2 aromatic carbocycles. The van der Waals surface area contributed by atoms with E-state index in [0.717, 1.165) is 11.0 Å². The minimum atomic E-state index is -4.98. The number of nitrogens with zero attached hydrogens (tertiary/aromatic N) is 2. The Balaban J connectivity index is 1.90. The average molecular weight is 417 g/mol. The minimum absolute atomic E-state index is 0.138. The standard InChI is InChI=1S/C18H11BF3N3O5/c20-18(21,22)12-6-8(19(29)30)5-11-13(23-24-15(26)14(11)12)7-25-16(27)9-3-1-2-4-10(9)17(25)28/h1-6,29-30H,7H2,(H,24,26). The predicted octanol–water partition coefficient (Wildman–Crippen LogP) is 0.418. The second kappa shape index (κ2) is 6.78. The van der Waals surface area contributed by atoms with Crippen molar-refractivity contribution in [1.29, 1.82) is 0 Å². The molecule has 0 radical (unpaired) electrons. The minimum Gasteiger partial charge on any atom is -0.423 e. The van der Waals surface area contributed by atoms with Crippen molar-refractivity contribution in [3.8, 4) is 0 Å². The smallest absolute Gasteiger partial charge is 0.423 e. The summed E-state index contributed by atoms with van der Waals surface area (Å²) in [6, 6.07) is 7.42. The van der Waals surface area contributed by atoms with Crippen molar-refractivity contribution in [3.05, 3.63) is 69.1 Å². The number of nitrogens with one attached hydrogen (secondary N) is 1. The third kappa shape index (κ3) is 3.06. The summed E-state index contributed by atoms with van der Waals surface area (Å²) in [4.78, 5) is 38.0. The highest BCUT2D eigenvalue weighted by atomic mass is 19.4. The van der Waals surface area contributed by atoms with Crippen LogP contribution in [0.1, 0.15) is 32.0 Å². The van der Waals surface area contributed by atoms with E-state index in [0.29, 0.717) is 6.07 Å². The van der Waals surface area contributed by atoms with Crippen LogP contribution in [0.5, 0.6) is 0 Å². The zero-order chi connectivity index (χ0) is 21.8. The molecule has 3 N–H and O–H groups in total. The van der Waals surface area contributed by atoms with Gasteiger partial charge in [0.15, 0.2) is 0 Å². The van der Waals surface area contributed by atoms with Gasteiger partial charge in [-0.1, -0.05) is 18.2 Å². The first-order chi connectivity index (χ1) is 14.1. The van der Waals surface area contributed by atoms with Crippen LogP contribution in [0.3, 0.4) is 0 Å².